The Morgan fingerprint density at radius 2 is 2.14 bits per heavy atom. The number of rotatable bonds is 2. The van der Waals surface area contributed by atoms with Gasteiger partial charge >= 0.3 is 0 Å². The molecule has 14 heavy (non-hydrogen) atoms. The second kappa shape index (κ2) is 4.05. The van der Waals surface area contributed by atoms with Gasteiger partial charge in [-0.25, -0.2) is 0 Å². The van der Waals surface area contributed by atoms with Crippen LogP contribution in [0.15, 0.2) is 47.6 Å². The number of hydrogen-bond acceptors (Lipinski definition) is 0. The summed E-state index contributed by atoms with van der Waals surface area (Å²) in [6.07, 6.45) is 15.9. The molecule has 0 unspecified atom stereocenters. The Kier molecular flexibility index (Phi) is 2.78. The topological polar surface area (TPSA) is 0 Å². The Morgan fingerprint density at radius 3 is 2.64 bits per heavy atom. The molecule has 0 nitrogen and oxygen atoms in total. The van der Waals surface area contributed by atoms with E-state index in [-0.39, 0.29) is 8.41 Å². The van der Waals surface area contributed by atoms with E-state index in [0.717, 1.165) is 12.8 Å². The summed E-state index contributed by atoms with van der Waals surface area (Å²) in [5.41, 5.74) is 3.03. The minimum absolute atomic E-state index is 0.350. The van der Waals surface area contributed by atoms with Crippen LogP contribution in [0.25, 0.3) is 0 Å². The maximum atomic E-state index is 2.38. The van der Waals surface area contributed by atoms with E-state index in [1.165, 1.54) is 5.57 Å². The summed E-state index contributed by atoms with van der Waals surface area (Å²) in [4.78, 5) is 0. The highest BCUT2D eigenvalue weighted by Crippen LogP contribution is 2.21. The molecule has 2 aliphatic rings. The molecule has 0 aromatic carbocycles. The van der Waals surface area contributed by atoms with Gasteiger partial charge in [0.2, 0.25) is 0 Å². The van der Waals surface area contributed by atoms with Crippen molar-refractivity contribution in [3.8, 4) is 0 Å². The SMILES string of the molecule is C[Si](C)=C(C1=CCC=C1)C1=CC=CC1. The summed E-state index contributed by atoms with van der Waals surface area (Å²) >= 11 is 0. The second-order valence-electron chi connectivity index (χ2n) is 4.00. The zero-order valence-electron chi connectivity index (χ0n) is 8.88. The van der Waals surface area contributed by atoms with E-state index in [0.29, 0.717) is 0 Å². The predicted molar refractivity (Wildman–Crippen MR) is 66.2 cm³/mol. The molecule has 1 heteroatoms. The van der Waals surface area contributed by atoms with Crippen LogP contribution in [0.2, 0.25) is 13.1 Å². The molecule has 0 aromatic heterocycles. The molecule has 0 fully saturated rings. The normalized spacial score (nSPS) is 18.4. The van der Waals surface area contributed by atoms with Crippen molar-refractivity contribution in [1.82, 2.24) is 0 Å². The first-order valence-corrected chi connectivity index (χ1v) is 7.69. The van der Waals surface area contributed by atoms with Crippen molar-refractivity contribution in [1.29, 1.82) is 0 Å². The van der Waals surface area contributed by atoms with Gasteiger partial charge in [0, 0.05) is 8.41 Å². The molecular weight excluding hydrogens is 184 g/mol. The van der Waals surface area contributed by atoms with E-state index in [1.54, 1.807) is 10.7 Å². The highest BCUT2D eigenvalue weighted by atomic mass is 28.2. The van der Waals surface area contributed by atoms with E-state index in [1.807, 2.05) is 0 Å². The zero-order valence-corrected chi connectivity index (χ0v) is 9.88. The Balaban J connectivity index is 2.35. The van der Waals surface area contributed by atoms with Crippen molar-refractivity contribution in [2.75, 3.05) is 0 Å². The van der Waals surface area contributed by atoms with E-state index in [4.69, 9.17) is 0 Å². The molecule has 0 radical (unpaired) electrons. The van der Waals surface area contributed by atoms with Crippen LogP contribution >= 0.6 is 0 Å². The van der Waals surface area contributed by atoms with Crippen LogP contribution in [-0.4, -0.2) is 13.6 Å². The third-order valence-electron chi connectivity index (χ3n) is 2.65. The highest BCUT2D eigenvalue weighted by Gasteiger charge is 2.12. The molecule has 0 saturated heterocycles. The molecule has 0 spiro atoms. The van der Waals surface area contributed by atoms with Gasteiger partial charge in [-0.2, -0.15) is 0 Å². The van der Waals surface area contributed by atoms with Crippen LogP contribution in [-0.2, 0) is 0 Å². The third kappa shape index (κ3) is 1.78. The Hall–Kier alpha value is -0.953. The maximum Gasteiger partial charge on any atom is 0.0139 e. The van der Waals surface area contributed by atoms with Gasteiger partial charge in [-0.15, -0.1) is 0 Å². The first-order valence-electron chi connectivity index (χ1n) is 5.19. The molecule has 0 N–H and O–H groups in total. The van der Waals surface area contributed by atoms with Gasteiger partial charge in [0.15, 0.2) is 0 Å². The molecule has 0 aromatic rings. The van der Waals surface area contributed by atoms with Crippen LogP contribution in [0, 0.1) is 0 Å². The van der Waals surface area contributed by atoms with Gasteiger partial charge in [0.05, 0.1) is 0 Å². The van der Waals surface area contributed by atoms with Crippen LogP contribution < -0.4 is 0 Å². The molecule has 2 aliphatic carbocycles. The lowest BCUT2D eigenvalue weighted by atomic mass is 10.1. The summed E-state index contributed by atoms with van der Waals surface area (Å²) in [6, 6.07) is 0. The van der Waals surface area contributed by atoms with Crippen molar-refractivity contribution in [2.24, 2.45) is 0 Å². The van der Waals surface area contributed by atoms with Gasteiger partial charge < -0.3 is 0 Å². The first kappa shape index (κ1) is 9.60. The number of allylic oxidation sites excluding steroid dienone is 8. The van der Waals surface area contributed by atoms with Crippen molar-refractivity contribution < 1.29 is 0 Å². The maximum absolute atomic E-state index is 2.38. The van der Waals surface area contributed by atoms with E-state index >= 15 is 0 Å². The molecule has 72 valence electrons. The summed E-state index contributed by atoms with van der Waals surface area (Å²) in [5, 5.41) is 1.63. The van der Waals surface area contributed by atoms with Crippen LogP contribution in [0.4, 0.5) is 0 Å². The average Bonchev–Trinajstić information content (AvgIpc) is 2.75. The van der Waals surface area contributed by atoms with Crippen LogP contribution in [0.3, 0.4) is 0 Å². The van der Waals surface area contributed by atoms with Crippen molar-refractivity contribution >= 4 is 13.6 Å². The summed E-state index contributed by atoms with van der Waals surface area (Å²) in [6.45, 7) is 4.76. The molecule has 0 amide bonds. The standard InChI is InChI=1S/C13H16Si/c1-14(2)13(11-7-3-4-8-11)12-9-5-6-10-12/h3-5,7,9-10H,6,8H2,1-2H3. The molecule has 0 atom stereocenters. The summed E-state index contributed by atoms with van der Waals surface area (Å²) in [5.74, 6) is 0. The molecule has 0 heterocycles. The van der Waals surface area contributed by atoms with Gasteiger partial charge in [-0.1, -0.05) is 49.6 Å². The van der Waals surface area contributed by atoms with Crippen molar-refractivity contribution in [3.05, 3.63) is 47.6 Å². The number of hydrogen-bond donors (Lipinski definition) is 0. The molecule has 2 rings (SSSR count). The summed E-state index contributed by atoms with van der Waals surface area (Å²) < 4.78 is 0. The Morgan fingerprint density at radius 1 is 1.29 bits per heavy atom. The van der Waals surface area contributed by atoms with Gasteiger partial charge in [-0.3, -0.25) is 0 Å². The van der Waals surface area contributed by atoms with Crippen molar-refractivity contribution in [3.63, 3.8) is 0 Å². The fraction of sp³-hybridized carbons (Fsp3) is 0.308. The minimum atomic E-state index is -0.350. The smallest absolute Gasteiger partial charge is 0.0139 e. The quantitative estimate of drug-likeness (QED) is 0.600. The lowest BCUT2D eigenvalue weighted by Crippen LogP contribution is -2.13. The van der Waals surface area contributed by atoms with E-state index in [2.05, 4.69) is 49.6 Å². The molecular formula is C13H16Si. The largest absolute Gasteiger partial charge is 0.0801 e. The third-order valence-corrected chi connectivity index (χ3v) is 4.26. The van der Waals surface area contributed by atoms with E-state index in [9.17, 15) is 0 Å². The van der Waals surface area contributed by atoms with Gasteiger partial charge in [-0.05, 0) is 29.2 Å². The molecule has 0 aliphatic heterocycles. The van der Waals surface area contributed by atoms with Crippen LogP contribution in [0.1, 0.15) is 12.8 Å². The molecule has 0 bridgehead atoms. The fourth-order valence-corrected chi connectivity index (χ4v) is 3.66. The predicted octanol–water partition coefficient (Wildman–Crippen LogP) is 3.27. The monoisotopic (exact) mass is 200 g/mol. The van der Waals surface area contributed by atoms with Gasteiger partial charge in [0.25, 0.3) is 0 Å². The van der Waals surface area contributed by atoms with Gasteiger partial charge in [0.1, 0.15) is 0 Å². The Labute approximate surface area is 87.6 Å². The van der Waals surface area contributed by atoms with E-state index < -0.39 is 0 Å². The zero-order chi connectivity index (χ0) is 9.97. The Bertz CT molecular complexity index is 385. The van der Waals surface area contributed by atoms with Crippen molar-refractivity contribution in [2.45, 2.75) is 25.9 Å². The minimum Gasteiger partial charge on any atom is -0.0801 e. The highest BCUT2D eigenvalue weighted by molar-refractivity contribution is 6.75. The fourth-order valence-electron chi connectivity index (χ4n) is 2.07. The first-order chi connectivity index (χ1) is 6.79. The lowest BCUT2D eigenvalue weighted by Gasteiger charge is -2.11. The second-order valence-corrected chi connectivity index (χ2v) is 6.50. The average molecular weight is 200 g/mol. The lowest BCUT2D eigenvalue weighted by molar-refractivity contribution is 1.37. The molecule has 0 saturated carbocycles. The summed E-state index contributed by atoms with van der Waals surface area (Å²) in [7, 11) is -0.350. The van der Waals surface area contributed by atoms with Crippen LogP contribution in [0.5, 0.6) is 0 Å².